The number of nitrogens with one attached hydrogen (secondary N) is 1. The smallest absolute Gasteiger partial charge is 0.389 e. The minimum atomic E-state index is -1.04. The molecule has 27 heavy (non-hydrogen) atoms. The average molecular weight is 379 g/mol. The van der Waals surface area contributed by atoms with E-state index in [0.717, 1.165) is 12.0 Å². The summed E-state index contributed by atoms with van der Waals surface area (Å²) >= 11 is 0. The molecule has 0 amide bonds. The number of fused-ring (bicyclic) bond motifs is 1. The number of hydrogen-bond acceptors (Lipinski definition) is 7. The molecule has 0 bridgehead atoms. The molecule has 1 aliphatic rings. The van der Waals surface area contributed by atoms with Gasteiger partial charge in [-0.1, -0.05) is 6.07 Å². The lowest BCUT2D eigenvalue weighted by Gasteiger charge is -2.20. The molecule has 1 aromatic carbocycles. The van der Waals surface area contributed by atoms with Crippen LogP contribution in [0.25, 0.3) is 0 Å². The third kappa shape index (κ3) is 6.75. The van der Waals surface area contributed by atoms with Gasteiger partial charge >= 0.3 is 18.2 Å². The van der Waals surface area contributed by atoms with Crippen LogP contribution in [0.3, 0.4) is 0 Å². The van der Waals surface area contributed by atoms with Crippen LogP contribution in [0.4, 0.5) is 0 Å². The molecule has 0 fully saturated rings. The van der Waals surface area contributed by atoms with Gasteiger partial charge in [-0.2, -0.15) is 0 Å². The minimum Gasteiger partial charge on any atom is -0.460 e. The first-order chi connectivity index (χ1) is 12.7. The minimum absolute atomic E-state index is 0.161. The maximum absolute atomic E-state index is 11.7. The Balaban J connectivity index is 1.79. The molecule has 7 nitrogen and oxygen atoms in total. The Bertz CT molecular complexity index is 667. The first kappa shape index (κ1) is 21.0. The van der Waals surface area contributed by atoms with Crippen molar-refractivity contribution >= 4 is 11.9 Å². The van der Waals surface area contributed by atoms with Crippen LogP contribution >= 0.6 is 0 Å². The van der Waals surface area contributed by atoms with Gasteiger partial charge in [0.25, 0.3) is 0 Å². The third-order valence-corrected chi connectivity index (χ3v) is 3.74. The highest BCUT2D eigenvalue weighted by molar-refractivity contribution is 5.75. The molecule has 2 unspecified atom stereocenters. The van der Waals surface area contributed by atoms with Gasteiger partial charge in [0.15, 0.2) is 11.5 Å². The standard InChI is InChI=1S/C20H29NO6/c1-6-24-18(23)19-25-15-8-7-14(12-16(15)26-19)11-13(2)21-10-9-17(22)27-20(3,4)5/h7-8,12-13,19,21H,6,9-11H2,1-5H3. The van der Waals surface area contributed by atoms with Gasteiger partial charge in [-0.05, 0) is 58.7 Å². The number of hydrogen-bond donors (Lipinski definition) is 1. The molecule has 0 spiro atoms. The Morgan fingerprint density at radius 1 is 1.22 bits per heavy atom. The molecular formula is C20H29NO6. The number of esters is 2. The zero-order valence-corrected chi connectivity index (χ0v) is 16.7. The first-order valence-electron chi connectivity index (χ1n) is 9.26. The second-order valence-electron chi connectivity index (χ2n) is 7.50. The molecule has 0 saturated heterocycles. The van der Waals surface area contributed by atoms with Crippen molar-refractivity contribution in [3.63, 3.8) is 0 Å². The van der Waals surface area contributed by atoms with Crippen LogP contribution in [-0.2, 0) is 25.5 Å². The normalized spacial score (nSPS) is 16.7. The molecule has 0 radical (unpaired) electrons. The monoisotopic (exact) mass is 379 g/mol. The van der Waals surface area contributed by atoms with E-state index in [2.05, 4.69) is 5.32 Å². The molecule has 0 aromatic heterocycles. The number of carbonyl (C=O) groups is 2. The van der Waals surface area contributed by atoms with Gasteiger partial charge in [0, 0.05) is 12.6 Å². The van der Waals surface area contributed by atoms with E-state index in [-0.39, 0.29) is 18.6 Å². The largest absolute Gasteiger partial charge is 0.460 e. The van der Waals surface area contributed by atoms with Crippen molar-refractivity contribution in [2.75, 3.05) is 13.2 Å². The predicted octanol–water partition coefficient (Wildman–Crippen LogP) is 2.60. The summed E-state index contributed by atoms with van der Waals surface area (Å²) in [6.07, 6.45) is 0.0264. The fourth-order valence-corrected chi connectivity index (χ4v) is 2.67. The van der Waals surface area contributed by atoms with Crippen molar-refractivity contribution in [3.8, 4) is 11.5 Å². The Morgan fingerprint density at radius 3 is 2.59 bits per heavy atom. The fourth-order valence-electron chi connectivity index (χ4n) is 2.67. The number of benzene rings is 1. The van der Waals surface area contributed by atoms with Crippen molar-refractivity contribution < 1.29 is 28.5 Å². The van der Waals surface area contributed by atoms with Crippen molar-refractivity contribution in [1.29, 1.82) is 0 Å². The lowest BCUT2D eigenvalue weighted by molar-refractivity contribution is -0.161. The summed E-state index contributed by atoms with van der Waals surface area (Å²) in [5.74, 6) is 0.316. The molecule has 0 saturated carbocycles. The van der Waals surface area contributed by atoms with Crippen LogP contribution in [0, 0.1) is 0 Å². The second-order valence-corrected chi connectivity index (χ2v) is 7.50. The van der Waals surface area contributed by atoms with Gasteiger partial charge in [-0.25, -0.2) is 4.79 Å². The molecule has 0 aliphatic carbocycles. The summed E-state index contributed by atoms with van der Waals surface area (Å²) in [5, 5.41) is 3.31. The quantitative estimate of drug-likeness (QED) is 0.695. The van der Waals surface area contributed by atoms with E-state index in [4.69, 9.17) is 18.9 Å². The maximum atomic E-state index is 11.7. The Labute approximate surface area is 160 Å². The molecule has 2 rings (SSSR count). The third-order valence-electron chi connectivity index (χ3n) is 3.74. The Hall–Kier alpha value is -2.28. The Morgan fingerprint density at radius 2 is 1.93 bits per heavy atom. The molecule has 1 aliphatic heterocycles. The van der Waals surface area contributed by atoms with Gasteiger partial charge < -0.3 is 24.3 Å². The number of ether oxygens (including phenoxy) is 4. The summed E-state index contributed by atoms with van der Waals surface area (Å²) in [6.45, 7) is 10.2. The Kier molecular flexibility index (Phi) is 7.07. The highest BCUT2D eigenvalue weighted by Gasteiger charge is 2.32. The molecule has 1 N–H and O–H groups in total. The van der Waals surface area contributed by atoms with Gasteiger partial charge in [0.2, 0.25) is 0 Å². The summed E-state index contributed by atoms with van der Waals surface area (Å²) in [7, 11) is 0. The average Bonchev–Trinajstić information content (AvgIpc) is 2.96. The van der Waals surface area contributed by atoms with Crippen molar-refractivity contribution in [3.05, 3.63) is 23.8 Å². The SMILES string of the molecule is CCOC(=O)C1Oc2ccc(CC(C)NCCC(=O)OC(C)(C)C)cc2O1. The predicted molar refractivity (Wildman–Crippen MR) is 99.7 cm³/mol. The number of rotatable bonds is 8. The lowest BCUT2D eigenvalue weighted by Crippen LogP contribution is -2.32. The van der Waals surface area contributed by atoms with Crippen LogP contribution in [-0.4, -0.2) is 43.0 Å². The summed E-state index contributed by atoms with van der Waals surface area (Å²) < 4.78 is 21.2. The highest BCUT2D eigenvalue weighted by Crippen LogP contribution is 2.35. The zero-order valence-electron chi connectivity index (χ0n) is 16.7. The summed E-state index contributed by atoms with van der Waals surface area (Å²) in [4.78, 5) is 23.4. The van der Waals surface area contributed by atoms with E-state index in [0.29, 0.717) is 24.5 Å². The van der Waals surface area contributed by atoms with Gasteiger partial charge in [0.05, 0.1) is 13.0 Å². The topological polar surface area (TPSA) is 83.1 Å². The van der Waals surface area contributed by atoms with Gasteiger partial charge in [-0.3, -0.25) is 4.79 Å². The fraction of sp³-hybridized carbons (Fsp3) is 0.600. The van der Waals surface area contributed by atoms with Crippen LogP contribution in [0.1, 0.15) is 46.6 Å². The van der Waals surface area contributed by atoms with Crippen LogP contribution in [0.15, 0.2) is 18.2 Å². The van der Waals surface area contributed by atoms with E-state index >= 15 is 0 Å². The molecule has 1 aromatic rings. The highest BCUT2D eigenvalue weighted by atomic mass is 16.7. The molecule has 150 valence electrons. The zero-order chi connectivity index (χ0) is 20.0. The van der Waals surface area contributed by atoms with Crippen molar-refractivity contribution in [1.82, 2.24) is 5.32 Å². The van der Waals surface area contributed by atoms with Crippen LogP contribution < -0.4 is 14.8 Å². The summed E-state index contributed by atoms with van der Waals surface area (Å²) in [6, 6.07) is 5.74. The van der Waals surface area contributed by atoms with Gasteiger partial charge in [0.1, 0.15) is 5.60 Å². The molecule has 2 atom stereocenters. The van der Waals surface area contributed by atoms with E-state index in [9.17, 15) is 9.59 Å². The van der Waals surface area contributed by atoms with Crippen molar-refractivity contribution in [2.45, 2.75) is 65.4 Å². The summed E-state index contributed by atoms with van der Waals surface area (Å²) in [5.41, 5.74) is 0.579. The van der Waals surface area contributed by atoms with E-state index in [1.807, 2.05) is 39.8 Å². The second kappa shape index (κ2) is 9.08. The molecule has 1 heterocycles. The van der Waals surface area contributed by atoms with E-state index in [1.54, 1.807) is 13.0 Å². The van der Waals surface area contributed by atoms with Crippen molar-refractivity contribution in [2.24, 2.45) is 0 Å². The molecular weight excluding hydrogens is 350 g/mol. The number of carbonyl (C=O) groups excluding carboxylic acids is 2. The maximum Gasteiger partial charge on any atom is 0.389 e. The van der Waals surface area contributed by atoms with Gasteiger partial charge in [-0.15, -0.1) is 0 Å². The van der Waals surface area contributed by atoms with E-state index in [1.165, 1.54) is 0 Å². The first-order valence-corrected chi connectivity index (χ1v) is 9.26. The van der Waals surface area contributed by atoms with E-state index < -0.39 is 17.9 Å². The van der Waals surface area contributed by atoms with Crippen LogP contribution in [0.5, 0.6) is 11.5 Å². The lowest BCUT2D eigenvalue weighted by atomic mass is 10.1. The van der Waals surface area contributed by atoms with Crippen LogP contribution in [0.2, 0.25) is 0 Å². The molecule has 7 heteroatoms.